The van der Waals surface area contributed by atoms with Gasteiger partial charge in [0, 0.05) is 23.0 Å². The molecule has 2 rings (SSSR count). The largest absolute Gasteiger partial charge is 0.384 e. The van der Waals surface area contributed by atoms with Crippen molar-refractivity contribution in [3.05, 3.63) is 53.3 Å². The number of nitrogens with two attached hydrogens (primary N) is 1. The third kappa shape index (κ3) is 2.33. The fourth-order valence-electron chi connectivity index (χ4n) is 1.83. The van der Waals surface area contributed by atoms with E-state index in [9.17, 15) is 0 Å². The number of nitrogens with zero attached hydrogens (tertiary/aromatic N) is 1. The molecule has 0 aliphatic heterocycles. The lowest BCUT2D eigenvalue weighted by Gasteiger charge is -2.07. The fraction of sp³-hybridized carbons (Fsp3) is 0.143. The highest BCUT2D eigenvalue weighted by molar-refractivity contribution is 5.95. The molecular weight excluding hydrogens is 210 g/mol. The Bertz CT molecular complexity index is 556. The summed E-state index contributed by atoms with van der Waals surface area (Å²) in [6, 6.07) is 9.72. The first-order chi connectivity index (χ1) is 8.08. The number of nitrogens with one attached hydrogen (secondary N) is 1. The van der Waals surface area contributed by atoms with Crippen LogP contribution in [-0.4, -0.2) is 10.8 Å². The van der Waals surface area contributed by atoms with Crippen molar-refractivity contribution in [2.24, 2.45) is 5.73 Å². The van der Waals surface area contributed by atoms with Crippen LogP contribution < -0.4 is 5.73 Å². The summed E-state index contributed by atoms with van der Waals surface area (Å²) in [6.07, 6.45) is 1.88. The second kappa shape index (κ2) is 4.37. The van der Waals surface area contributed by atoms with Gasteiger partial charge in [-0.2, -0.15) is 0 Å². The van der Waals surface area contributed by atoms with Crippen LogP contribution in [0.1, 0.15) is 16.8 Å². The van der Waals surface area contributed by atoms with E-state index in [4.69, 9.17) is 11.1 Å². The van der Waals surface area contributed by atoms with E-state index in [0.717, 1.165) is 22.4 Å². The normalized spacial score (nSPS) is 10.2. The van der Waals surface area contributed by atoms with E-state index in [-0.39, 0.29) is 5.84 Å². The zero-order valence-corrected chi connectivity index (χ0v) is 9.99. The number of benzene rings is 1. The summed E-state index contributed by atoms with van der Waals surface area (Å²) < 4.78 is 0. The van der Waals surface area contributed by atoms with Crippen LogP contribution in [0.2, 0.25) is 0 Å². The molecule has 0 saturated heterocycles. The third-order valence-electron chi connectivity index (χ3n) is 2.75. The van der Waals surface area contributed by atoms with Crippen LogP contribution in [0.5, 0.6) is 0 Å². The van der Waals surface area contributed by atoms with Gasteiger partial charge in [0.15, 0.2) is 0 Å². The minimum absolute atomic E-state index is 0.0929. The molecule has 0 aliphatic rings. The minimum atomic E-state index is 0.0929. The van der Waals surface area contributed by atoms with Crippen molar-refractivity contribution in [3.63, 3.8) is 0 Å². The molecule has 0 atom stereocenters. The summed E-state index contributed by atoms with van der Waals surface area (Å²) in [6.45, 7) is 4.05. The number of rotatable bonds is 2. The number of hydrogen-bond acceptors (Lipinski definition) is 2. The summed E-state index contributed by atoms with van der Waals surface area (Å²) in [5.41, 5.74) is 10.6. The lowest BCUT2D eigenvalue weighted by molar-refractivity contribution is 1.18. The third-order valence-corrected chi connectivity index (χ3v) is 2.75. The first-order valence-electron chi connectivity index (χ1n) is 5.46. The Morgan fingerprint density at radius 2 is 1.82 bits per heavy atom. The quantitative estimate of drug-likeness (QED) is 0.609. The molecule has 3 heteroatoms. The highest BCUT2D eigenvalue weighted by Gasteiger charge is 2.03. The van der Waals surface area contributed by atoms with Gasteiger partial charge in [0.05, 0.1) is 0 Å². The van der Waals surface area contributed by atoms with Crippen molar-refractivity contribution >= 4 is 5.84 Å². The number of pyridine rings is 1. The van der Waals surface area contributed by atoms with Gasteiger partial charge in [0.1, 0.15) is 5.84 Å². The summed E-state index contributed by atoms with van der Waals surface area (Å²) >= 11 is 0. The van der Waals surface area contributed by atoms with Gasteiger partial charge >= 0.3 is 0 Å². The zero-order valence-electron chi connectivity index (χ0n) is 9.99. The summed E-state index contributed by atoms with van der Waals surface area (Å²) in [5.74, 6) is 0.0929. The maximum absolute atomic E-state index is 7.35. The lowest BCUT2D eigenvalue weighted by atomic mass is 10.0. The topological polar surface area (TPSA) is 62.8 Å². The molecule has 1 aromatic heterocycles. The number of amidine groups is 1. The van der Waals surface area contributed by atoms with Gasteiger partial charge in [0.2, 0.25) is 0 Å². The fourth-order valence-corrected chi connectivity index (χ4v) is 1.83. The average Bonchev–Trinajstić information content (AvgIpc) is 2.29. The van der Waals surface area contributed by atoms with E-state index < -0.39 is 0 Å². The van der Waals surface area contributed by atoms with Gasteiger partial charge in [-0.1, -0.05) is 24.3 Å². The molecule has 3 N–H and O–H groups in total. The van der Waals surface area contributed by atoms with Crippen molar-refractivity contribution < 1.29 is 0 Å². The maximum atomic E-state index is 7.35. The first kappa shape index (κ1) is 11.3. The number of hydrogen-bond donors (Lipinski definition) is 2. The molecule has 0 aliphatic carbocycles. The Kier molecular flexibility index (Phi) is 2.91. The Hall–Kier alpha value is -2.16. The number of aryl methyl sites for hydroxylation is 2. The Labute approximate surface area is 101 Å². The second-order valence-electron chi connectivity index (χ2n) is 4.13. The number of aromatic nitrogens is 1. The van der Waals surface area contributed by atoms with E-state index in [1.807, 2.05) is 37.4 Å². The molecule has 1 heterocycles. The smallest absolute Gasteiger partial charge is 0.122 e. The van der Waals surface area contributed by atoms with E-state index >= 15 is 0 Å². The maximum Gasteiger partial charge on any atom is 0.122 e. The molecule has 3 nitrogen and oxygen atoms in total. The minimum Gasteiger partial charge on any atom is -0.384 e. The Balaban J connectivity index is 2.43. The summed E-state index contributed by atoms with van der Waals surface area (Å²) in [4.78, 5) is 4.31. The average molecular weight is 225 g/mol. The van der Waals surface area contributed by atoms with Crippen LogP contribution in [-0.2, 0) is 0 Å². The molecule has 0 spiro atoms. The molecule has 17 heavy (non-hydrogen) atoms. The molecular formula is C14H15N3. The van der Waals surface area contributed by atoms with Crippen LogP contribution in [0.25, 0.3) is 11.1 Å². The van der Waals surface area contributed by atoms with E-state index in [0.29, 0.717) is 0 Å². The summed E-state index contributed by atoms with van der Waals surface area (Å²) in [7, 11) is 0. The van der Waals surface area contributed by atoms with Crippen molar-refractivity contribution in [2.45, 2.75) is 13.8 Å². The van der Waals surface area contributed by atoms with Gasteiger partial charge in [-0.25, -0.2) is 0 Å². The van der Waals surface area contributed by atoms with Crippen molar-refractivity contribution in [1.82, 2.24) is 4.98 Å². The van der Waals surface area contributed by atoms with Crippen molar-refractivity contribution in [3.8, 4) is 11.1 Å². The molecule has 0 radical (unpaired) electrons. The Morgan fingerprint density at radius 3 is 2.35 bits per heavy atom. The molecule has 0 amide bonds. The zero-order chi connectivity index (χ0) is 12.4. The van der Waals surface area contributed by atoms with Gasteiger partial charge in [0.25, 0.3) is 0 Å². The standard InChI is InChI=1S/C14H15N3/c1-9-7-10(2)17-8-13(9)11-3-5-12(6-4-11)14(15)16/h3-8H,1-2H3,(H3,15,16). The predicted molar refractivity (Wildman–Crippen MR) is 70.2 cm³/mol. The number of nitrogen functional groups attached to an aromatic ring is 1. The van der Waals surface area contributed by atoms with Gasteiger partial charge in [-0.3, -0.25) is 10.4 Å². The summed E-state index contributed by atoms with van der Waals surface area (Å²) in [5, 5.41) is 7.35. The molecule has 1 aromatic carbocycles. The highest BCUT2D eigenvalue weighted by Crippen LogP contribution is 2.23. The van der Waals surface area contributed by atoms with Crippen LogP contribution in [0, 0.1) is 19.3 Å². The van der Waals surface area contributed by atoms with Crippen molar-refractivity contribution in [1.29, 1.82) is 5.41 Å². The molecule has 0 fully saturated rings. The van der Waals surface area contributed by atoms with Crippen molar-refractivity contribution in [2.75, 3.05) is 0 Å². The van der Waals surface area contributed by atoms with Gasteiger partial charge in [-0.15, -0.1) is 0 Å². The van der Waals surface area contributed by atoms with Gasteiger partial charge in [-0.05, 0) is 31.0 Å². The van der Waals surface area contributed by atoms with E-state index in [1.54, 1.807) is 0 Å². The molecule has 0 bridgehead atoms. The van der Waals surface area contributed by atoms with Crippen LogP contribution in [0.15, 0.2) is 36.5 Å². The van der Waals surface area contributed by atoms with Crippen LogP contribution in [0.3, 0.4) is 0 Å². The molecule has 2 aromatic rings. The predicted octanol–water partition coefficient (Wildman–Crippen LogP) is 2.65. The van der Waals surface area contributed by atoms with Crippen LogP contribution in [0.4, 0.5) is 0 Å². The SMILES string of the molecule is Cc1cc(C)c(-c2ccc(C(=N)N)cc2)cn1. The van der Waals surface area contributed by atoms with E-state index in [1.165, 1.54) is 5.56 Å². The lowest BCUT2D eigenvalue weighted by Crippen LogP contribution is -2.10. The second-order valence-corrected chi connectivity index (χ2v) is 4.13. The monoisotopic (exact) mass is 225 g/mol. The first-order valence-corrected chi connectivity index (χ1v) is 5.46. The highest BCUT2D eigenvalue weighted by atomic mass is 14.7. The molecule has 0 saturated carbocycles. The molecule has 86 valence electrons. The van der Waals surface area contributed by atoms with Gasteiger partial charge < -0.3 is 5.73 Å². The van der Waals surface area contributed by atoms with Crippen LogP contribution >= 0.6 is 0 Å². The Morgan fingerprint density at radius 1 is 1.18 bits per heavy atom. The molecule has 0 unspecified atom stereocenters. The van der Waals surface area contributed by atoms with E-state index in [2.05, 4.69) is 18.0 Å².